The summed E-state index contributed by atoms with van der Waals surface area (Å²) in [6.45, 7) is 0. The molecule has 2 atom stereocenters. The van der Waals surface area contributed by atoms with Crippen molar-refractivity contribution >= 4 is 11.7 Å². The van der Waals surface area contributed by atoms with Gasteiger partial charge in [-0.2, -0.15) is 5.10 Å². The molecule has 2 aliphatic carbocycles. The van der Waals surface area contributed by atoms with E-state index in [4.69, 9.17) is 5.73 Å². The lowest BCUT2D eigenvalue weighted by molar-refractivity contribution is 0.247. The number of hydrazone groups is 1. The Morgan fingerprint density at radius 2 is 2.00 bits per heavy atom. The molecule has 2 saturated carbocycles. The summed E-state index contributed by atoms with van der Waals surface area (Å²) < 4.78 is 0. The molecule has 0 aliphatic heterocycles. The van der Waals surface area contributed by atoms with Gasteiger partial charge in [-0.3, -0.25) is 0 Å². The molecular formula is C11H19N3O. The highest BCUT2D eigenvalue weighted by Gasteiger charge is 2.32. The maximum atomic E-state index is 10.6. The zero-order valence-electron chi connectivity index (χ0n) is 9.04. The number of primary amides is 1. The molecule has 15 heavy (non-hydrogen) atoms. The topological polar surface area (TPSA) is 67.5 Å². The van der Waals surface area contributed by atoms with Gasteiger partial charge < -0.3 is 5.73 Å². The van der Waals surface area contributed by atoms with E-state index in [0.717, 1.165) is 12.3 Å². The van der Waals surface area contributed by atoms with Crippen molar-refractivity contribution in [1.82, 2.24) is 5.43 Å². The third kappa shape index (κ3) is 2.49. The van der Waals surface area contributed by atoms with Crippen LogP contribution in [0.25, 0.3) is 0 Å². The molecule has 2 aliphatic rings. The van der Waals surface area contributed by atoms with Crippen LogP contribution < -0.4 is 11.2 Å². The monoisotopic (exact) mass is 209 g/mol. The summed E-state index contributed by atoms with van der Waals surface area (Å²) in [5.41, 5.74) is 8.57. The van der Waals surface area contributed by atoms with E-state index in [1.165, 1.54) is 44.2 Å². The first kappa shape index (κ1) is 10.5. The maximum absolute atomic E-state index is 10.6. The van der Waals surface area contributed by atoms with Gasteiger partial charge in [0, 0.05) is 11.6 Å². The van der Waals surface area contributed by atoms with E-state index < -0.39 is 6.03 Å². The van der Waals surface area contributed by atoms with Crippen molar-refractivity contribution in [2.45, 2.75) is 44.9 Å². The fourth-order valence-corrected chi connectivity index (χ4v) is 2.99. The molecular weight excluding hydrogens is 190 g/mol. The van der Waals surface area contributed by atoms with Gasteiger partial charge in [0.15, 0.2) is 0 Å². The average molecular weight is 209 g/mol. The van der Waals surface area contributed by atoms with Crippen LogP contribution in [0.3, 0.4) is 0 Å². The smallest absolute Gasteiger partial charge is 0.332 e. The first-order chi connectivity index (χ1) is 7.27. The second-order valence-corrected chi connectivity index (χ2v) is 4.62. The Morgan fingerprint density at radius 1 is 1.27 bits per heavy atom. The molecule has 0 aromatic heterocycles. The largest absolute Gasteiger partial charge is 0.350 e. The number of nitrogens with one attached hydrogen (secondary N) is 1. The van der Waals surface area contributed by atoms with Gasteiger partial charge in [-0.1, -0.05) is 12.8 Å². The van der Waals surface area contributed by atoms with E-state index >= 15 is 0 Å². The highest BCUT2D eigenvalue weighted by molar-refractivity contribution is 5.88. The Balaban J connectivity index is 2.03. The lowest BCUT2D eigenvalue weighted by atomic mass is 9.70. The first-order valence-corrected chi connectivity index (χ1v) is 5.89. The second-order valence-electron chi connectivity index (χ2n) is 4.62. The number of rotatable bonds is 1. The Kier molecular flexibility index (Phi) is 3.23. The van der Waals surface area contributed by atoms with Gasteiger partial charge in [-0.05, 0) is 38.0 Å². The van der Waals surface area contributed by atoms with Gasteiger partial charge >= 0.3 is 6.03 Å². The van der Waals surface area contributed by atoms with E-state index in [1.807, 2.05) is 0 Å². The summed E-state index contributed by atoms with van der Waals surface area (Å²) in [5, 5.41) is 4.16. The van der Waals surface area contributed by atoms with Crippen LogP contribution in [0.4, 0.5) is 4.79 Å². The van der Waals surface area contributed by atoms with Gasteiger partial charge in [-0.25, -0.2) is 10.2 Å². The molecule has 2 fully saturated rings. The van der Waals surface area contributed by atoms with Gasteiger partial charge in [-0.15, -0.1) is 0 Å². The summed E-state index contributed by atoms with van der Waals surface area (Å²) in [5.74, 6) is 1.42. The molecule has 0 bridgehead atoms. The van der Waals surface area contributed by atoms with E-state index in [0.29, 0.717) is 5.92 Å². The van der Waals surface area contributed by atoms with Crippen LogP contribution in [-0.2, 0) is 0 Å². The predicted octanol–water partition coefficient (Wildman–Crippen LogP) is 2.00. The number of amides is 2. The normalized spacial score (nSPS) is 33.5. The Labute approximate surface area is 90.3 Å². The third-order valence-electron chi connectivity index (χ3n) is 3.65. The highest BCUT2D eigenvalue weighted by atomic mass is 16.2. The summed E-state index contributed by atoms with van der Waals surface area (Å²) in [6.07, 6.45) is 8.81. The van der Waals surface area contributed by atoms with Gasteiger partial charge in [0.1, 0.15) is 0 Å². The molecule has 4 nitrogen and oxygen atoms in total. The van der Waals surface area contributed by atoms with Crippen LogP contribution in [0, 0.1) is 11.8 Å². The molecule has 2 amide bonds. The molecule has 0 aromatic carbocycles. The summed E-state index contributed by atoms with van der Waals surface area (Å²) in [6, 6.07) is -0.555. The van der Waals surface area contributed by atoms with E-state index in [9.17, 15) is 4.79 Å². The zero-order chi connectivity index (χ0) is 10.7. The van der Waals surface area contributed by atoms with Crippen molar-refractivity contribution in [2.75, 3.05) is 0 Å². The van der Waals surface area contributed by atoms with E-state index in [1.54, 1.807) is 0 Å². The lowest BCUT2D eigenvalue weighted by Gasteiger charge is -2.36. The van der Waals surface area contributed by atoms with Crippen LogP contribution in [0.5, 0.6) is 0 Å². The highest BCUT2D eigenvalue weighted by Crippen LogP contribution is 2.38. The number of fused-ring (bicyclic) bond motifs is 1. The molecule has 3 N–H and O–H groups in total. The fraction of sp³-hybridized carbons (Fsp3) is 0.818. The predicted molar refractivity (Wildman–Crippen MR) is 59.5 cm³/mol. The SMILES string of the molecule is NC(=O)N/N=C1/CCCC2CCCCC12. The van der Waals surface area contributed by atoms with Crippen LogP contribution in [-0.4, -0.2) is 11.7 Å². The van der Waals surface area contributed by atoms with E-state index in [-0.39, 0.29) is 0 Å². The quantitative estimate of drug-likeness (QED) is 0.637. The molecule has 0 radical (unpaired) electrons. The molecule has 0 heterocycles. The van der Waals surface area contributed by atoms with Crippen molar-refractivity contribution in [3.8, 4) is 0 Å². The average Bonchev–Trinajstić information content (AvgIpc) is 2.26. The zero-order valence-corrected chi connectivity index (χ0v) is 9.04. The van der Waals surface area contributed by atoms with Gasteiger partial charge in [0.05, 0.1) is 0 Å². The maximum Gasteiger partial charge on any atom is 0.332 e. The number of nitrogens with zero attached hydrogens (tertiary/aromatic N) is 1. The molecule has 0 aromatic rings. The molecule has 2 unspecified atom stereocenters. The first-order valence-electron chi connectivity index (χ1n) is 5.89. The lowest BCUT2D eigenvalue weighted by Crippen LogP contribution is -2.34. The molecule has 4 heteroatoms. The number of carbonyl (C=O) groups is 1. The van der Waals surface area contributed by atoms with Gasteiger partial charge in [0.25, 0.3) is 0 Å². The minimum atomic E-state index is -0.555. The molecule has 84 valence electrons. The Morgan fingerprint density at radius 3 is 2.80 bits per heavy atom. The number of carbonyl (C=O) groups excluding carboxylic acids is 1. The van der Waals surface area contributed by atoms with E-state index in [2.05, 4.69) is 10.5 Å². The van der Waals surface area contributed by atoms with Crippen molar-refractivity contribution < 1.29 is 4.79 Å². The van der Waals surface area contributed by atoms with Crippen LogP contribution in [0.15, 0.2) is 5.10 Å². The fourth-order valence-electron chi connectivity index (χ4n) is 2.99. The molecule has 2 rings (SSSR count). The minimum absolute atomic E-state index is 0.555. The Bertz CT molecular complexity index is 273. The number of urea groups is 1. The van der Waals surface area contributed by atoms with Crippen LogP contribution in [0.2, 0.25) is 0 Å². The van der Waals surface area contributed by atoms with Crippen molar-refractivity contribution in [3.63, 3.8) is 0 Å². The van der Waals surface area contributed by atoms with Crippen molar-refractivity contribution in [3.05, 3.63) is 0 Å². The summed E-state index contributed by atoms with van der Waals surface area (Å²) in [4.78, 5) is 10.6. The second kappa shape index (κ2) is 4.64. The Hall–Kier alpha value is -1.06. The minimum Gasteiger partial charge on any atom is -0.350 e. The van der Waals surface area contributed by atoms with Crippen LogP contribution in [0.1, 0.15) is 44.9 Å². The number of hydrogen-bond donors (Lipinski definition) is 2. The van der Waals surface area contributed by atoms with Crippen molar-refractivity contribution in [2.24, 2.45) is 22.7 Å². The molecule has 0 spiro atoms. The number of hydrogen-bond acceptors (Lipinski definition) is 2. The van der Waals surface area contributed by atoms with Gasteiger partial charge in [0.2, 0.25) is 0 Å². The summed E-state index contributed by atoms with van der Waals surface area (Å²) >= 11 is 0. The summed E-state index contributed by atoms with van der Waals surface area (Å²) in [7, 11) is 0. The number of nitrogens with two attached hydrogens (primary N) is 1. The standard InChI is InChI=1S/C11H19N3O/c12-11(15)14-13-10-7-3-5-8-4-1-2-6-9(8)10/h8-9H,1-7H2,(H3,12,14,15)/b13-10-. The van der Waals surface area contributed by atoms with Crippen molar-refractivity contribution in [1.29, 1.82) is 0 Å². The third-order valence-corrected chi connectivity index (χ3v) is 3.65. The van der Waals surface area contributed by atoms with Crippen LogP contribution >= 0.6 is 0 Å². The molecule has 0 saturated heterocycles.